The van der Waals surface area contributed by atoms with Crippen molar-refractivity contribution in [3.05, 3.63) is 64.7 Å². The molecule has 0 aliphatic heterocycles. The lowest BCUT2D eigenvalue weighted by molar-refractivity contribution is -0.107. The van der Waals surface area contributed by atoms with Gasteiger partial charge >= 0.3 is 0 Å². The van der Waals surface area contributed by atoms with E-state index in [4.69, 9.17) is 9.53 Å². The van der Waals surface area contributed by atoms with Crippen molar-refractivity contribution in [2.24, 2.45) is 0 Å². The second-order valence-corrected chi connectivity index (χ2v) is 5.12. The minimum Gasteiger partial charge on any atom is -0.497 e. The fraction of sp³-hybridized carbons (Fsp3) is 0.333. The first-order chi connectivity index (χ1) is 11.5. The summed E-state index contributed by atoms with van der Waals surface area (Å²) in [6, 6.07) is 14.1. The van der Waals surface area contributed by atoms with E-state index in [-0.39, 0.29) is 0 Å². The molecule has 0 N–H and O–H groups in total. The lowest BCUT2D eigenvalue weighted by atomic mass is 10.0. The molecule has 3 heteroatoms. The van der Waals surface area contributed by atoms with Crippen LogP contribution in [0, 0.1) is 27.7 Å². The van der Waals surface area contributed by atoms with Crippen LogP contribution in [-0.4, -0.2) is 20.2 Å². The number of aldehydes is 1. The van der Waals surface area contributed by atoms with Crippen molar-refractivity contribution in [1.82, 2.24) is 0 Å². The van der Waals surface area contributed by atoms with Gasteiger partial charge in [0.2, 0.25) is 0 Å². The number of para-hydroxylation sites is 1. The topological polar surface area (TPSA) is 43.4 Å². The molecule has 0 saturated heterocycles. The van der Waals surface area contributed by atoms with E-state index in [1.165, 1.54) is 22.3 Å². The molecule has 0 radical (unpaired) electrons. The van der Waals surface area contributed by atoms with Crippen LogP contribution in [0.15, 0.2) is 42.5 Å². The Hall–Kier alpha value is -2.42. The van der Waals surface area contributed by atoms with Crippen LogP contribution in [0.4, 0.5) is 0 Å². The monoisotopic (exact) mass is 330 g/mol. The second-order valence-electron chi connectivity index (χ2n) is 5.12. The zero-order valence-corrected chi connectivity index (χ0v) is 15.8. The number of rotatable bonds is 2. The lowest BCUT2D eigenvalue weighted by Gasteiger charge is -2.04. The molecule has 0 spiro atoms. The summed E-state index contributed by atoms with van der Waals surface area (Å²) < 4.78 is 4.91. The van der Waals surface area contributed by atoms with Gasteiger partial charge in [-0.25, -0.2) is 0 Å². The van der Waals surface area contributed by atoms with Crippen LogP contribution in [0.25, 0.3) is 0 Å². The van der Waals surface area contributed by atoms with Crippen LogP contribution in [0.2, 0.25) is 0 Å². The van der Waals surface area contributed by atoms with Crippen molar-refractivity contribution >= 4 is 13.1 Å². The molecule has 3 nitrogen and oxygen atoms in total. The largest absolute Gasteiger partial charge is 0.497 e. The standard InChI is InChI=1S/C10H14.C7H8O.C3H6O.CH2O/c1-7-5-8(2)10(4)9(3)6-7;1-8-7-5-3-2-4-6-7;1-2-3-4;1-2/h5-6H,1-4H3;2-6H,1H3;3H,2H2,1H3;1H2. The van der Waals surface area contributed by atoms with Gasteiger partial charge in [-0.3, -0.25) is 0 Å². The van der Waals surface area contributed by atoms with Crippen LogP contribution in [0.3, 0.4) is 0 Å². The van der Waals surface area contributed by atoms with Crippen LogP contribution in [-0.2, 0) is 9.59 Å². The van der Waals surface area contributed by atoms with Crippen molar-refractivity contribution in [1.29, 1.82) is 0 Å². The van der Waals surface area contributed by atoms with E-state index >= 15 is 0 Å². The zero-order valence-electron chi connectivity index (χ0n) is 15.8. The zero-order chi connectivity index (χ0) is 19.0. The smallest absolute Gasteiger partial charge is 0.119 e. The number of ether oxygens (including phenoxy) is 1. The van der Waals surface area contributed by atoms with Gasteiger partial charge < -0.3 is 14.3 Å². The molecular weight excluding hydrogens is 300 g/mol. The molecule has 2 aromatic carbocycles. The molecule has 0 bridgehead atoms. The lowest BCUT2D eigenvalue weighted by Crippen LogP contribution is -1.86. The molecule has 0 saturated carbocycles. The van der Waals surface area contributed by atoms with Gasteiger partial charge in [0.05, 0.1) is 7.11 Å². The maximum absolute atomic E-state index is 9.17. The van der Waals surface area contributed by atoms with E-state index in [2.05, 4.69) is 39.8 Å². The Kier molecular flexibility index (Phi) is 15.4. The maximum atomic E-state index is 9.17. The second kappa shape index (κ2) is 15.5. The first-order valence-electron chi connectivity index (χ1n) is 7.82. The Labute approximate surface area is 146 Å². The molecule has 0 atom stereocenters. The number of methoxy groups -OCH3 is 1. The number of aryl methyl sites for hydroxylation is 3. The summed E-state index contributed by atoms with van der Waals surface area (Å²) >= 11 is 0. The van der Waals surface area contributed by atoms with Crippen LogP contribution >= 0.6 is 0 Å². The van der Waals surface area contributed by atoms with E-state index in [0.717, 1.165) is 12.0 Å². The summed E-state index contributed by atoms with van der Waals surface area (Å²) in [7, 11) is 1.66. The fourth-order valence-electron chi connectivity index (χ4n) is 1.81. The molecular formula is C21H30O3. The van der Waals surface area contributed by atoms with E-state index in [1.807, 2.05) is 44.0 Å². The number of carbonyl (C=O) groups excluding carboxylic acids is 2. The van der Waals surface area contributed by atoms with Crippen molar-refractivity contribution < 1.29 is 14.3 Å². The van der Waals surface area contributed by atoms with Crippen molar-refractivity contribution in [3.8, 4) is 5.75 Å². The Morgan fingerprint density at radius 3 is 1.67 bits per heavy atom. The minimum atomic E-state index is 0.639. The van der Waals surface area contributed by atoms with Gasteiger partial charge in [0, 0.05) is 6.42 Å². The number of carbonyl (C=O) groups is 2. The van der Waals surface area contributed by atoms with Crippen molar-refractivity contribution in [2.45, 2.75) is 41.0 Å². The predicted octanol–water partition coefficient (Wildman–Crippen LogP) is 5.03. The molecule has 0 aromatic heterocycles. The van der Waals surface area contributed by atoms with E-state index < -0.39 is 0 Å². The quantitative estimate of drug-likeness (QED) is 0.726. The molecule has 132 valence electrons. The molecule has 0 heterocycles. The summed E-state index contributed by atoms with van der Waals surface area (Å²) in [4.78, 5) is 17.2. The van der Waals surface area contributed by atoms with E-state index in [1.54, 1.807) is 7.11 Å². The molecule has 0 unspecified atom stereocenters. The predicted molar refractivity (Wildman–Crippen MR) is 102 cm³/mol. The van der Waals surface area contributed by atoms with Crippen LogP contribution in [0.5, 0.6) is 5.75 Å². The van der Waals surface area contributed by atoms with Crippen molar-refractivity contribution in [3.63, 3.8) is 0 Å². The number of hydrogen-bond acceptors (Lipinski definition) is 3. The summed E-state index contributed by atoms with van der Waals surface area (Å²) in [5.74, 6) is 0.910. The third kappa shape index (κ3) is 11.2. The summed E-state index contributed by atoms with van der Waals surface area (Å²) in [5.41, 5.74) is 5.58. The van der Waals surface area contributed by atoms with E-state index in [0.29, 0.717) is 6.42 Å². The summed E-state index contributed by atoms with van der Waals surface area (Å²) in [6.45, 7) is 12.4. The highest BCUT2D eigenvalue weighted by molar-refractivity contribution is 5.48. The highest BCUT2D eigenvalue weighted by Crippen LogP contribution is 2.13. The van der Waals surface area contributed by atoms with Crippen LogP contribution < -0.4 is 4.74 Å². The summed E-state index contributed by atoms with van der Waals surface area (Å²) in [5, 5.41) is 0. The fourth-order valence-corrected chi connectivity index (χ4v) is 1.81. The maximum Gasteiger partial charge on any atom is 0.119 e. The van der Waals surface area contributed by atoms with Gasteiger partial charge in [0.1, 0.15) is 18.8 Å². The molecule has 0 fully saturated rings. The average Bonchev–Trinajstić information content (AvgIpc) is 2.62. The molecule has 0 amide bonds. The third-order valence-electron chi connectivity index (χ3n) is 3.22. The Bertz CT molecular complexity index is 540. The Balaban J connectivity index is 0. The van der Waals surface area contributed by atoms with Gasteiger partial charge in [-0.2, -0.15) is 0 Å². The van der Waals surface area contributed by atoms with Gasteiger partial charge in [-0.1, -0.05) is 42.8 Å². The highest BCUT2D eigenvalue weighted by atomic mass is 16.5. The minimum absolute atomic E-state index is 0.639. The van der Waals surface area contributed by atoms with Crippen molar-refractivity contribution in [2.75, 3.05) is 7.11 Å². The van der Waals surface area contributed by atoms with Crippen LogP contribution in [0.1, 0.15) is 35.6 Å². The Morgan fingerprint density at radius 2 is 1.38 bits per heavy atom. The normalized spacial score (nSPS) is 8.25. The first kappa shape index (κ1) is 23.8. The molecule has 0 aliphatic rings. The highest BCUT2D eigenvalue weighted by Gasteiger charge is 1.95. The SMILES string of the molecule is C=O.CCC=O.COc1ccccc1.Cc1cc(C)c(C)c(C)c1. The molecule has 0 aliphatic carbocycles. The Morgan fingerprint density at radius 1 is 0.958 bits per heavy atom. The molecule has 2 rings (SSSR count). The number of benzene rings is 2. The number of hydrogen-bond donors (Lipinski definition) is 0. The first-order valence-corrected chi connectivity index (χ1v) is 7.82. The average molecular weight is 330 g/mol. The van der Waals surface area contributed by atoms with Gasteiger partial charge in [-0.15, -0.1) is 0 Å². The van der Waals surface area contributed by atoms with Gasteiger partial charge in [0.25, 0.3) is 0 Å². The third-order valence-corrected chi connectivity index (χ3v) is 3.22. The van der Waals surface area contributed by atoms with Gasteiger partial charge in [0.15, 0.2) is 0 Å². The van der Waals surface area contributed by atoms with Gasteiger partial charge in [-0.05, 0) is 56.5 Å². The molecule has 24 heavy (non-hydrogen) atoms. The molecule has 2 aromatic rings. The van der Waals surface area contributed by atoms with E-state index in [9.17, 15) is 4.79 Å². The summed E-state index contributed by atoms with van der Waals surface area (Å²) in [6.07, 6.45) is 1.51.